The minimum absolute atomic E-state index is 0.460. The Hall–Kier alpha value is -0.120. The Kier molecular flexibility index (Phi) is 4.45. The summed E-state index contributed by atoms with van der Waals surface area (Å²) in [4.78, 5) is 5.23. The number of hydrogen-bond acceptors (Lipinski definition) is 3. The Morgan fingerprint density at radius 1 is 0.941 bits per heavy atom. The fourth-order valence-corrected chi connectivity index (χ4v) is 2.84. The summed E-state index contributed by atoms with van der Waals surface area (Å²) in [5.41, 5.74) is 6.51. The maximum Gasteiger partial charge on any atom is 0.0109 e. The summed E-state index contributed by atoms with van der Waals surface area (Å²) in [7, 11) is 0. The lowest BCUT2D eigenvalue weighted by Crippen LogP contribution is -2.45. The van der Waals surface area contributed by atoms with Crippen LogP contribution < -0.4 is 5.73 Å². The summed E-state index contributed by atoms with van der Waals surface area (Å²) < 4.78 is 0. The number of likely N-dealkylation sites (tertiary alicyclic amines) is 2. The van der Waals surface area contributed by atoms with Gasteiger partial charge in [0.1, 0.15) is 0 Å². The third-order valence-electron chi connectivity index (χ3n) is 4.57. The van der Waals surface area contributed by atoms with Crippen LogP contribution in [0.2, 0.25) is 0 Å². The molecule has 2 saturated heterocycles. The number of piperidine rings is 2. The van der Waals surface area contributed by atoms with Gasteiger partial charge in [-0.15, -0.1) is 0 Å². The van der Waals surface area contributed by atoms with Crippen molar-refractivity contribution in [3.63, 3.8) is 0 Å². The Morgan fingerprint density at radius 3 is 1.94 bits per heavy atom. The first-order chi connectivity index (χ1) is 8.05. The van der Waals surface area contributed by atoms with Crippen molar-refractivity contribution in [2.45, 2.75) is 45.6 Å². The van der Waals surface area contributed by atoms with Gasteiger partial charge in [-0.2, -0.15) is 0 Å². The molecule has 0 bridgehead atoms. The summed E-state index contributed by atoms with van der Waals surface area (Å²) in [5.74, 6) is 0. The molecule has 0 aliphatic carbocycles. The van der Waals surface area contributed by atoms with Gasteiger partial charge in [-0.3, -0.25) is 0 Å². The van der Waals surface area contributed by atoms with Crippen molar-refractivity contribution in [1.29, 1.82) is 0 Å². The quantitative estimate of drug-likeness (QED) is 0.811. The highest BCUT2D eigenvalue weighted by molar-refractivity contribution is 4.80. The van der Waals surface area contributed by atoms with Gasteiger partial charge in [0, 0.05) is 19.1 Å². The predicted molar refractivity (Wildman–Crippen MR) is 73.1 cm³/mol. The lowest BCUT2D eigenvalue weighted by atomic mass is 9.83. The van der Waals surface area contributed by atoms with Crippen molar-refractivity contribution in [3.8, 4) is 0 Å². The topological polar surface area (TPSA) is 32.5 Å². The van der Waals surface area contributed by atoms with Crippen LogP contribution in [0.1, 0.15) is 39.5 Å². The van der Waals surface area contributed by atoms with E-state index >= 15 is 0 Å². The molecule has 2 heterocycles. The molecule has 2 aliphatic rings. The van der Waals surface area contributed by atoms with Crippen molar-refractivity contribution in [3.05, 3.63) is 0 Å². The lowest BCUT2D eigenvalue weighted by Gasteiger charge is -2.38. The minimum Gasteiger partial charge on any atom is -0.328 e. The third-order valence-corrected chi connectivity index (χ3v) is 4.57. The van der Waals surface area contributed by atoms with Crippen molar-refractivity contribution < 1.29 is 0 Å². The van der Waals surface area contributed by atoms with Crippen molar-refractivity contribution in [2.24, 2.45) is 11.1 Å². The summed E-state index contributed by atoms with van der Waals surface area (Å²) in [6.45, 7) is 12.3. The molecule has 17 heavy (non-hydrogen) atoms. The molecule has 2 N–H and O–H groups in total. The van der Waals surface area contributed by atoms with Crippen LogP contribution in [0.4, 0.5) is 0 Å². The summed E-state index contributed by atoms with van der Waals surface area (Å²) in [6.07, 6.45) is 5.09. The normalized spacial score (nSPS) is 28.4. The first-order valence-corrected chi connectivity index (χ1v) is 7.25. The number of rotatable bonds is 3. The molecule has 0 aromatic rings. The van der Waals surface area contributed by atoms with Crippen LogP contribution in [0.15, 0.2) is 0 Å². The van der Waals surface area contributed by atoms with Crippen LogP contribution in [0.5, 0.6) is 0 Å². The molecule has 3 nitrogen and oxygen atoms in total. The highest BCUT2D eigenvalue weighted by atomic mass is 15.2. The standard InChI is InChI=1S/C14H29N3/c1-14(2)5-9-17(10-6-14)12-11-16-7-3-13(15)4-8-16/h13H,3-12,15H2,1-2H3. The number of nitrogens with two attached hydrogens (primary N) is 1. The van der Waals surface area contributed by atoms with Crippen molar-refractivity contribution in [2.75, 3.05) is 39.3 Å². The molecule has 0 unspecified atom stereocenters. The first kappa shape index (κ1) is 13.3. The highest BCUT2D eigenvalue weighted by Crippen LogP contribution is 2.29. The Balaban J connectivity index is 1.63. The Labute approximate surface area is 106 Å². The Bertz CT molecular complexity index is 222. The largest absolute Gasteiger partial charge is 0.328 e. The molecule has 2 fully saturated rings. The molecule has 0 spiro atoms. The van der Waals surface area contributed by atoms with E-state index in [0.29, 0.717) is 11.5 Å². The molecule has 0 aromatic carbocycles. The second kappa shape index (κ2) is 5.68. The summed E-state index contributed by atoms with van der Waals surface area (Å²) in [5, 5.41) is 0. The molecular formula is C14H29N3. The fourth-order valence-electron chi connectivity index (χ4n) is 2.84. The van der Waals surface area contributed by atoms with Crippen molar-refractivity contribution in [1.82, 2.24) is 9.80 Å². The van der Waals surface area contributed by atoms with E-state index in [4.69, 9.17) is 5.73 Å². The summed E-state index contributed by atoms with van der Waals surface area (Å²) in [6, 6.07) is 0.460. The maximum absolute atomic E-state index is 5.93. The van der Waals surface area contributed by atoms with E-state index in [-0.39, 0.29) is 0 Å². The van der Waals surface area contributed by atoms with E-state index in [1.165, 1.54) is 65.0 Å². The molecule has 0 radical (unpaired) electrons. The minimum atomic E-state index is 0.460. The molecule has 0 saturated carbocycles. The van der Waals surface area contributed by atoms with E-state index in [0.717, 1.165) is 0 Å². The average Bonchev–Trinajstić information content (AvgIpc) is 2.30. The zero-order valence-corrected chi connectivity index (χ0v) is 11.6. The third kappa shape index (κ3) is 4.23. The van der Waals surface area contributed by atoms with Gasteiger partial charge in [-0.05, 0) is 57.3 Å². The molecule has 2 rings (SSSR count). The SMILES string of the molecule is CC1(C)CCN(CCN2CCC(N)CC2)CC1. The molecule has 0 aromatic heterocycles. The van der Waals surface area contributed by atoms with Gasteiger partial charge >= 0.3 is 0 Å². The predicted octanol–water partition coefficient (Wildman–Crippen LogP) is 1.53. The molecule has 2 aliphatic heterocycles. The van der Waals surface area contributed by atoms with E-state index in [2.05, 4.69) is 23.6 Å². The highest BCUT2D eigenvalue weighted by Gasteiger charge is 2.25. The van der Waals surface area contributed by atoms with Crippen molar-refractivity contribution >= 4 is 0 Å². The van der Waals surface area contributed by atoms with Crippen LogP contribution in [0.25, 0.3) is 0 Å². The molecular weight excluding hydrogens is 210 g/mol. The lowest BCUT2D eigenvalue weighted by molar-refractivity contribution is 0.111. The monoisotopic (exact) mass is 239 g/mol. The summed E-state index contributed by atoms with van der Waals surface area (Å²) >= 11 is 0. The smallest absolute Gasteiger partial charge is 0.0109 e. The van der Waals surface area contributed by atoms with Gasteiger partial charge in [0.25, 0.3) is 0 Å². The number of hydrogen-bond donors (Lipinski definition) is 1. The van der Waals surface area contributed by atoms with Crippen LogP contribution in [0, 0.1) is 5.41 Å². The molecule has 100 valence electrons. The van der Waals surface area contributed by atoms with E-state index < -0.39 is 0 Å². The van der Waals surface area contributed by atoms with Crippen LogP contribution >= 0.6 is 0 Å². The van der Waals surface area contributed by atoms with Crippen LogP contribution in [0.3, 0.4) is 0 Å². The Morgan fingerprint density at radius 2 is 1.41 bits per heavy atom. The van der Waals surface area contributed by atoms with Gasteiger partial charge in [-0.25, -0.2) is 0 Å². The molecule has 0 atom stereocenters. The molecule has 3 heteroatoms. The molecule has 0 amide bonds. The number of nitrogens with zero attached hydrogens (tertiary/aromatic N) is 2. The van der Waals surface area contributed by atoms with Gasteiger partial charge in [0.2, 0.25) is 0 Å². The van der Waals surface area contributed by atoms with E-state index in [1.807, 2.05) is 0 Å². The zero-order chi connectivity index (χ0) is 12.3. The zero-order valence-electron chi connectivity index (χ0n) is 11.6. The van der Waals surface area contributed by atoms with Gasteiger partial charge in [0.15, 0.2) is 0 Å². The second-order valence-electron chi connectivity index (χ2n) is 6.68. The van der Waals surface area contributed by atoms with Gasteiger partial charge in [0.05, 0.1) is 0 Å². The van der Waals surface area contributed by atoms with E-state index in [9.17, 15) is 0 Å². The van der Waals surface area contributed by atoms with E-state index in [1.54, 1.807) is 0 Å². The fraction of sp³-hybridized carbons (Fsp3) is 1.00. The first-order valence-electron chi connectivity index (χ1n) is 7.25. The van der Waals surface area contributed by atoms with Crippen LogP contribution in [-0.4, -0.2) is 55.1 Å². The van der Waals surface area contributed by atoms with Crippen LogP contribution in [-0.2, 0) is 0 Å². The maximum atomic E-state index is 5.93. The average molecular weight is 239 g/mol. The van der Waals surface area contributed by atoms with Gasteiger partial charge < -0.3 is 15.5 Å². The van der Waals surface area contributed by atoms with Gasteiger partial charge in [-0.1, -0.05) is 13.8 Å². The second-order valence-corrected chi connectivity index (χ2v) is 6.68.